The second kappa shape index (κ2) is 7.62. The fourth-order valence-corrected chi connectivity index (χ4v) is 2.97. The molecule has 0 spiro atoms. The molecule has 1 N–H and O–H groups in total. The fraction of sp³-hybridized carbons (Fsp3) is 0.556. The van der Waals surface area contributed by atoms with E-state index in [1.165, 1.54) is 11.8 Å². The third-order valence-electron chi connectivity index (χ3n) is 3.83. The Bertz CT molecular complexity index is 625. The Balaban J connectivity index is 2.25. The van der Waals surface area contributed by atoms with Gasteiger partial charge in [-0.25, -0.2) is 4.79 Å². The van der Waals surface area contributed by atoms with Crippen molar-refractivity contribution in [3.63, 3.8) is 0 Å². The van der Waals surface area contributed by atoms with Crippen LogP contribution in [0.4, 0.5) is 4.79 Å². The first kappa shape index (κ1) is 19.5. The number of halogens is 1. The normalized spacial score (nSPS) is 23.4. The third kappa shape index (κ3) is 5.34. The lowest BCUT2D eigenvalue weighted by atomic mass is 10.0. The average Bonchev–Trinajstić information content (AvgIpc) is 2.76. The zero-order chi connectivity index (χ0) is 18.8. The molecule has 7 heteroatoms. The van der Waals surface area contributed by atoms with Gasteiger partial charge in [0.15, 0.2) is 0 Å². The van der Waals surface area contributed by atoms with Crippen molar-refractivity contribution in [3.05, 3.63) is 34.9 Å². The van der Waals surface area contributed by atoms with Gasteiger partial charge in [-0.15, -0.1) is 0 Å². The number of β-amino-alcohol motifs (C(OH)–C–C–N with tert-alkyl or cyclic N) is 1. The fourth-order valence-electron chi connectivity index (χ4n) is 2.84. The molecule has 1 aliphatic rings. The Morgan fingerprint density at radius 2 is 1.88 bits per heavy atom. The van der Waals surface area contributed by atoms with E-state index in [1.807, 2.05) is 12.1 Å². The number of rotatable bonds is 3. The number of ether oxygens (including phenoxy) is 2. The quantitative estimate of drug-likeness (QED) is 0.829. The smallest absolute Gasteiger partial charge is 0.410 e. The minimum atomic E-state index is -0.964. The van der Waals surface area contributed by atoms with Crippen molar-refractivity contribution >= 4 is 23.7 Å². The van der Waals surface area contributed by atoms with Gasteiger partial charge in [-0.2, -0.15) is 0 Å². The molecule has 0 aliphatic carbocycles. The van der Waals surface area contributed by atoms with E-state index in [1.54, 1.807) is 32.9 Å². The van der Waals surface area contributed by atoms with Crippen LogP contribution in [0, 0.1) is 0 Å². The van der Waals surface area contributed by atoms with E-state index in [0.29, 0.717) is 11.4 Å². The van der Waals surface area contributed by atoms with Crippen molar-refractivity contribution in [2.45, 2.75) is 58.0 Å². The Hall–Kier alpha value is -1.79. The molecule has 0 radical (unpaired) electrons. The van der Waals surface area contributed by atoms with E-state index in [4.69, 9.17) is 21.1 Å². The van der Waals surface area contributed by atoms with E-state index >= 15 is 0 Å². The van der Waals surface area contributed by atoms with E-state index in [-0.39, 0.29) is 6.54 Å². The summed E-state index contributed by atoms with van der Waals surface area (Å²) in [5, 5.41) is 10.9. The summed E-state index contributed by atoms with van der Waals surface area (Å²) in [5.74, 6) is -0.504. The Labute approximate surface area is 152 Å². The summed E-state index contributed by atoms with van der Waals surface area (Å²) < 4.78 is 10.7. The number of benzene rings is 1. The first-order valence-electron chi connectivity index (χ1n) is 8.16. The number of carbonyl (C=O) groups excluding carboxylic acids is 2. The van der Waals surface area contributed by atoms with Gasteiger partial charge < -0.3 is 14.6 Å². The summed E-state index contributed by atoms with van der Waals surface area (Å²) in [6.45, 7) is 6.65. The van der Waals surface area contributed by atoms with Crippen molar-refractivity contribution in [3.8, 4) is 0 Å². The predicted octanol–water partition coefficient (Wildman–Crippen LogP) is 2.79. The second-order valence-electron chi connectivity index (χ2n) is 7.17. The standard InChI is InChI=1S/C18H24ClNO5/c1-11(21)24-16-14(9-12-5-7-13(19)8-6-12)20(10-15(16)22)17(23)25-18(2,3)4/h5-8,14-16,22H,9-10H2,1-4H3/t14-,15+,16+/m1/s1. The van der Waals surface area contributed by atoms with Gasteiger partial charge in [-0.3, -0.25) is 9.69 Å². The maximum absolute atomic E-state index is 12.5. The summed E-state index contributed by atoms with van der Waals surface area (Å²) in [6, 6.07) is 6.66. The molecule has 2 rings (SSSR count). The molecule has 0 saturated carbocycles. The van der Waals surface area contributed by atoms with Crippen molar-refractivity contribution < 1.29 is 24.2 Å². The van der Waals surface area contributed by atoms with Crippen LogP contribution in [0.3, 0.4) is 0 Å². The Kier molecular flexibility index (Phi) is 5.95. The van der Waals surface area contributed by atoms with Crippen molar-refractivity contribution in [2.75, 3.05) is 6.54 Å². The van der Waals surface area contributed by atoms with Gasteiger partial charge in [-0.05, 0) is 44.9 Å². The summed E-state index contributed by atoms with van der Waals surface area (Å²) >= 11 is 5.91. The van der Waals surface area contributed by atoms with Crippen LogP contribution in [0.25, 0.3) is 0 Å². The number of amides is 1. The van der Waals surface area contributed by atoms with Crippen LogP contribution >= 0.6 is 11.6 Å². The number of aliphatic hydroxyl groups is 1. The monoisotopic (exact) mass is 369 g/mol. The molecule has 1 amide bonds. The first-order valence-corrected chi connectivity index (χ1v) is 8.54. The lowest BCUT2D eigenvalue weighted by Crippen LogP contribution is -2.45. The summed E-state index contributed by atoms with van der Waals surface area (Å²) in [7, 11) is 0. The molecule has 1 aromatic carbocycles. The number of aliphatic hydroxyl groups excluding tert-OH is 1. The zero-order valence-electron chi connectivity index (χ0n) is 14.9. The molecule has 25 heavy (non-hydrogen) atoms. The number of nitrogens with zero attached hydrogens (tertiary/aromatic N) is 1. The van der Waals surface area contributed by atoms with E-state index in [9.17, 15) is 14.7 Å². The van der Waals surface area contributed by atoms with Gasteiger partial charge in [0.2, 0.25) is 0 Å². The lowest BCUT2D eigenvalue weighted by molar-refractivity contribution is -0.151. The molecule has 0 bridgehead atoms. The molecule has 3 atom stereocenters. The summed E-state index contributed by atoms with van der Waals surface area (Å²) in [6.07, 6.45) is -1.90. The van der Waals surface area contributed by atoms with Crippen molar-refractivity contribution in [1.82, 2.24) is 4.90 Å². The topological polar surface area (TPSA) is 76.1 Å². The lowest BCUT2D eigenvalue weighted by Gasteiger charge is -2.30. The molecule has 1 fully saturated rings. The minimum Gasteiger partial charge on any atom is -0.457 e. The Morgan fingerprint density at radius 1 is 1.28 bits per heavy atom. The number of likely N-dealkylation sites (tertiary alicyclic amines) is 1. The van der Waals surface area contributed by atoms with Crippen molar-refractivity contribution in [1.29, 1.82) is 0 Å². The van der Waals surface area contributed by atoms with Gasteiger partial charge in [0, 0.05) is 11.9 Å². The molecular weight excluding hydrogens is 346 g/mol. The number of carbonyl (C=O) groups is 2. The number of esters is 1. The highest BCUT2D eigenvalue weighted by molar-refractivity contribution is 6.30. The van der Waals surface area contributed by atoms with Gasteiger partial charge in [-0.1, -0.05) is 23.7 Å². The van der Waals surface area contributed by atoms with Crippen LogP contribution in [0.15, 0.2) is 24.3 Å². The van der Waals surface area contributed by atoms with Crippen LogP contribution in [-0.4, -0.2) is 52.5 Å². The zero-order valence-corrected chi connectivity index (χ0v) is 15.6. The Morgan fingerprint density at radius 3 is 2.40 bits per heavy atom. The summed E-state index contributed by atoms with van der Waals surface area (Å²) in [4.78, 5) is 25.4. The highest BCUT2D eigenvalue weighted by Gasteiger charge is 2.46. The van der Waals surface area contributed by atoms with Crippen LogP contribution in [-0.2, 0) is 20.7 Å². The van der Waals surface area contributed by atoms with Gasteiger partial charge in [0.1, 0.15) is 17.8 Å². The van der Waals surface area contributed by atoms with Crippen LogP contribution < -0.4 is 0 Å². The van der Waals surface area contributed by atoms with Gasteiger partial charge in [0.25, 0.3) is 0 Å². The third-order valence-corrected chi connectivity index (χ3v) is 4.08. The van der Waals surface area contributed by atoms with Crippen LogP contribution in [0.2, 0.25) is 5.02 Å². The maximum Gasteiger partial charge on any atom is 0.410 e. The molecule has 0 unspecified atom stereocenters. The molecule has 1 aliphatic heterocycles. The molecule has 0 aromatic heterocycles. The van der Waals surface area contributed by atoms with Crippen LogP contribution in [0.5, 0.6) is 0 Å². The molecule has 6 nitrogen and oxygen atoms in total. The van der Waals surface area contributed by atoms with Gasteiger partial charge in [0.05, 0.1) is 12.6 Å². The summed E-state index contributed by atoms with van der Waals surface area (Å²) in [5.41, 5.74) is 0.251. The number of hydrogen-bond acceptors (Lipinski definition) is 5. The highest BCUT2D eigenvalue weighted by atomic mass is 35.5. The minimum absolute atomic E-state index is 0.0467. The molecule has 1 aromatic rings. The van der Waals surface area contributed by atoms with E-state index < -0.39 is 35.9 Å². The molecule has 1 saturated heterocycles. The number of hydrogen-bond donors (Lipinski definition) is 1. The molecule has 138 valence electrons. The maximum atomic E-state index is 12.5. The average molecular weight is 370 g/mol. The van der Waals surface area contributed by atoms with E-state index in [0.717, 1.165) is 5.56 Å². The molecule has 1 heterocycles. The SMILES string of the molecule is CC(=O)O[C@H]1[C@@H](Cc2ccc(Cl)cc2)N(C(=O)OC(C)(C)C)C[C@@H]1O. The predicted molar refractivity (Wildman–Crippen MR) is 93.4 cm³/mol. The largest absolute Gasteiger partial charge is 0.457 e. The first-order chi connectivity index (χ1) is 11.6. The molecular formula is C18H24ClNO5. The van der Waals surface area contributed by atoms with E-state index in [2.05, 4.69) is 0 Å². The highest BCUT2D eigenvalue weighted by Crippen LogP contribution is 2.27. The van der Waals surface area contributed by atoms with Gasteiger partial charge >= 0.3 is 12.1 Å². The second-order valence-corrected chi connectivity index (χ2v) is 7.61. The van der Waals surface area contributed by atoms with Crippen LogP contribution in [0.1, 0.15) is 33.3 Å². The van der Waals surface area contributed by atoms with Crippen molar-refractivity contribution in [2.24, 2.45) is 0 Å².